The summed E-state index contributed by atoms with van der Waals surface area (Å²) >= 11 is 0. The number of anilines is 1. The van der Waals surface area contributed by atoms with Crippen LogP contribution in [0.25, 0.3) is 11.1 Å². The van der Waals surface area contributed by atoms with Crippen LogP contribution in [-0.4, -0.2) is 51.3 Å². The molecule has 206 valence electrons. The summed E-state index contributed by atoms with van der Waals surface area (Å²) in [5.41, 5.74) is 7.10. The second kappa shape index (κ2) is 10.8. The van der Waals surface area contributed by atoms with Gasteiger partial charge < -0.3 is 24.6 Å². The van der Waals surface area contributed by atoms with Crippen molar-refractivity contribution >= 4 is 21.5 Å². The molecule has 0 radical (unpaired) electrons. The molecule has 0 spiro atoms. The monoisotopic (exact) mass is 551 g/mol. The first-order chi connectivity index (χ1) is 18.6. The normalized spacial score (nSPS) is 17.6. The van der Waals surface area contributed by atoms with Gasteiger partial charge in [0.2, 0.25) is 0 Å². The minimum absolute atomic E-state index is 0.0488. The molecule has 0 fully saturated rings. The van der Waals surface area contributed by atoms with Gasteiger partial charge in [0.25, 0.3) is 0 Å². The summed E-state index contributed by atoms with van der Waals surface area (Å²) in [5, 5.41) is 12.7. The van der Waals surface area contributed by atoms with Crippen molar-refractivity contribution in [3.63, 3.8) is 0 Å². The fraction of sp³-hybridized carbons (Fsp3) is 0.367. The Morgan fingerprint density at radius 3 is 2.54 bits per heavy atom. The Morgan fingerprint density at radius 1 is 1.05 bits per heavy atom. The predicted molar refractivity (Wildman–Crippen MR) is 150 cm³/mol. The Kier molecular flexibility index (Phi) is 7.44. The topological polar surface area (TPSA) is 111 Å². The molecule has 2 aliphatic heterocycles. The maximum atomic E-state index is 11.4. The molecule has 5 rings (SSSR count). The van der Waals surface area contributed by atoms with E-state index in [4.69, 9.17) is 19.3 Å². The highest BCUT2D eigenvalue weighted by Gasteiger charge is 2.30. The Hall–Kier alpha value is -3.72. The number of hydrogen-bond acceptors (Lipinski definition) is 7. The number of rotatable bonds is 10. The summed E-state index contributed by atoms with van der Waals surface area (Å²) in [6.07, 6.45) is 1.74. The molecule has 0 aromatic heterocycles. The molecule has 3 aromatic carbocycles. The number of carboxylic acids is 1. The number of fused-ring (bicyclic) bond motifs is 2. The molecule has 3 aromatic rings. The van der Waals surface area contributed by atoms with Gasteiger partial charge in [-0.2, -0.15) is 0 Å². The lowest BCUT2D eigenvalue weighted by molar-refractivity contribution is -0.137. The number of aryl methyl sites for hydroxylation is 2. The van der Waals surface area contributed by atoms with Crippen LogP contribution in [0, 0.1) is 13.8 Å². The van der Waals surface area contributed by atoms with Crippen molar-refractivity contribution in [3.05, 3.63) is 70.8 Å². The Balaban J connectivity index is 1.33. The molecule has 0 saturated carbocycles. The van der Waals surface area contributed by atoms with E-state index in [9.17, 15) is 13.2 Å². The van der Waals surface area contributed by atoms with Crippen molar-refractivity contribution < 1.29 is 32.5 Å². The van der Waals surface area contributed by atoms with Crippen molar-refractivity contribution in [2.75, 3.05) is 37.1 Å². The second-order valence-electron chi connectivity index (χ2n) is 10.4. The lowest BCUT2D eigenvalue weighted by Crippen LogP contribution is -2.11. The maximum Gasteiger partial charge on any atom is 0.304 e. The molecule has 0 saturated heterocycles. The summed E-state index contributed by atoms with van der Waals surface area (Å²) in [4.78, 5) is 11.1. The summed E-state index contributed by atoms with van der Waals surface area (Å²) in [6.45, 7) is 5.28. The molecule has 2 unspecified atom stereocenters. The molecular formula is C30H33NO7S. The van der Waals surface area contributed by atoms with E-state index in [1.54, 1.807) is 0 Å². The molecule has 2 heterocycles. The number of para-hydroxylation sites is 1. The van der Waals surface area contributed by atoms with E-state index in [0.717, 1.165) is 56.3 Å². The molecule has 8 nitrogen and oxygen atoms in total. The fourth-order valence-corrected chi connectivity index (χ4v) is 6.10. The molecule has 0 aliphatic carbocycles. The SMILES string of the molecule is Cc1cc(OCCCS(C)(=O)=O)cc(C)c1-c1cccc2c1OCC2Nc1ccc2c(c1)OCC2CC(=O)O. The number of carboxylic acid groups (broad SMARTS) is 1. The van der Waals surface area contributed by atoms with E-state index in [1.807, 2.05) is 50.2 Å². The van der Waals surface area contributed by atoms with Crippen LogP contribution in [0.2, 0.25) is 0 Å². The minimum atomic E-state index is -3.00. The van der Waals surface area contributed by atoms with Crippen LogP contribution in [0.1, 0.15) is 47.1 Å². The first-order valence-electron chi connectivity index (χ1n) is 13.0. The molecule has 2 N–H and O–H groups in total. The van der Waals surface area contributed by atoms with Crippen molar-refractivity contribution in [1.29, 1.82) is 0 Å². The van der Waals surface area contributed by atoms with Crippen molar-refractivity contribution in [3.8, 4) is 28.4 Å². The average molecular weight is 552 g/mol. The smallest absolute Gasteiger partial charge is 0.304 e. The predicted octanol–water partition coefficient (Wildman–Crippen LogP) is 5.28. The highest BCUT2D eigenvalue weighted by molar-refractivity contribution is 7.90. The van der Waals surface area contributed by atoms with Gasteiger partial charge in [-0.3, -0.25) is 4.79 Å². The first-order valence-corrected chi connectivity index (χ1v) is 15.1. The van der Waals surface area contributed by atoms with Gasteiger partial charge in [0.1, 0.15) is 33.7 Å². The van der Waals surface area contributed by atoms with Crippen LogP contribution >= 0.6 is 0 Å². The Bertz CT molecular complexity index is 1490. The van der Waals surface area contributed by atoms with E-state index in [-0.39, 0.29) is 24.1 Å². The molecule has 2 aliphatic rings. The maximum absolute atomic E-state index is 11.4. The van der Waals surface area contributed by atoms with Crippen LogP contribution < -0.4 is 19.5 Å². The first kappa shape index (κ1) is 26.9. The average Bonchev–Trinajstić information content (AvgIpc) is 3.45. The summed E-state index contributed by atoms with van der Waals surface area (Å²) in [6, 6.07) is 15.9. The van der Waals surface area contributed by atoms with Crippen LogP contribution in [0.5, 0.6) is 17.2 Å². The van der Waals surface area contributed by atoms with Gasteiger partial charge in [0, 0.05) is 40.6 Å². The van der Waals surface area contributed by atoms with Crippen molar-refractivity contribution in [2.45, 2.75) is 38.6 Å². The lowest BCUT2D eigenvalue weighted by atomic mass is 9.92. The van der Waals surface area contributed by atoms with Crippen molar-refractivity contribution in [1.82, 2.24) is 0 Å². The summed E-state index contributed by atoms with van der Waals surface area (Å²) < 4.78 is 40.6. The van der Waals surface area contributed by atoms with Crippen LogP contribution in [0.4, 0.5) is 5.69 Å². The molecule has 39 heavy (non-hydrogen) atoms. The fourth-order valence-electron chi connectivity index (χ4n) is 5.45. The van der Waals surface area contributed by atoms with Gasteiger partial charge in [-0.1, -0.05) is 24.3 Å². The van der Waals surface area contributed by atoms with Gasteiger partial charge in [0.15, 0.2) is 0 Å². The summed E-state index contributed by atoms with van der Waals surface area (Å²) in [7, 11) is -3.00. The van der Waals surface area contributed by atoms with Gasteiger partial charge in [-0.05, 0) is 55.2 Å². The highest BCUT2D eigenvalue weighted by Crippen LogP contribution is 2.45. The number of sulfone groups is 1. The van der Waals surface area contributed by atoms with Crippen LogP contribution in [0.3, 0.4) is 0 Å². The molecule has 0 amide bonds. The lowest BCUT2D eigenvalue weighted by Gasteiger charge is -2.17. The Labute approximate surface area is 228 Å². The van der Waals surface area contributed by atoms with Gasteiger partial charge in [-0.25, -0.2) is 8.42 Å². The molecular weight excluding hydrogens is 518 g/mol. The number of nitrogens with one attached hydrogen (secondary N) is 1. The number of benzene rings is 3. The number of carbonyl (C=O) groups is 1. The van der Waals surface area contributed by atoms with E-state index in [2.05, 4.69) is 17.4 Å². The quantitative estimate of drug-likeness (QED) is 0.328. The molecule has 0 bridgehead atoms. The highest BCUT2D eigenvalue weighted by atomic mass is 32.2. The van der Waals surface area contributed by atoms with Gasteiger partial charge in [0.05, 0.1) is 31.4 Å². The zero-order valence-electron chi connectivity index (χ0n) is 22.3. The largest absolute Gasteiger partial charge is 0.494 e. The van der Waals surface area contributed by atoms with Gasteiger partial charge >= 0.3 is 5.97 Å². The van der Waals surface area contributed by atoms with Gasteiger partial charge in [-0.15, -0.1) is 0 Å². The summed E-state index contributed by atoms with van der Waals surface area (Å²) in [5.74, 6) is 1.45. The van der Waals surface area contributed by atoms with E-state index < -0.39 is 15.8 Å². The van der Waals surface area contributed by atoms with E-state index >= 15 is 0 Å². The molecule has 2 atom stereocenters. The van der Waals surface area contributed by atoms with Crippen LogP contribution in [-0.2, 0) is 14.6 Å². The van der Waals surface area contributed by atoms with Crippen LogP contribution in [0.15, 0.2) is 48.5 Å². The van der Waals surface area contributed by atoms with Crippen molar-refractivity contribution in [2.24, 2.45) is 0 Å². The number of aliphatic carboxylic acids is 1. The zero-order valence-corrected chi connectivity index (χ0v) is 23.1. The zero-order chi connectivity index (χ0) is 27.7. The number of ether oxygens (including phenoxy) is 3. The minimum Gasteiger partial charge on any atom is -0.494 e. The standard InChI is InChI=1S/C30H33NO7S/c1-18-12-22(36-10-5-11-39(3,34)35)13-19(2)29(18)25-7-4-6-24-26(17-38-30(24)25)31-21-8-9-23-20(14-28(32)33)16-37-27(23)15-21/h4,6-9,12-13,15,20,26,31H,5,10-11,14,16-17H2,1-3H3,(H,32,33). The number of hydrogen-bond donors (Lipinski definition) is 2. The van der Waals surface area contributed by atoms with E-state index in [0.29, 0.717) is 26.2 Å². The third-order valence-corrected chi connectivity index (χ3v) is 8.20. The third-order valence-electron chi connectivity index (χ3n) is 7.17. The second-order valence-corrected chi connectivity index (χ2v) is 12.6. The Morgan fingerprint density at radius 2 is 1.82 bits per heavy atom. The molecule has 9 heteroatoms. The van der Waals surface area contributed by atoms with E-state index in [1.165, 1.54) is 6.26 Å². The third kappa shape index (κ3) is 5.98.